The van der Waals surface area contributed by atoms with Crippen LogP contribution in [0.5, 0.6) is 5.75 Å². The predicted octanol–water partition coefficient (Wildman–Crippen LogP) is 3.19. The maximum Gasteiger partial charge on any atom is 0.233 e. The number of anilines is 1. The Balaban J connectivity index is 1.66. The highest BCUT2D eigenvalue weighted by molar-refractivity contribution is 7.92. The first-order valence-corrected chi connectivity index (χ1v) is 11.3. The number of phenolic OH excluding ortho intramolecular Hbond substituents is 1. The normalized spacial score (nSPS) is 10.6. The fraction of sp³-hybridized carbons (Fsp3) is 0.136. The summed E-state index contributed by atoms with van der Waals surface area (Å²) in [5.41, 5.74) is 2.84. The zero-order valence-corrected chi connectivity index (χ0v) is 17.8. The van der Waals surface area contributed by atoms with E-state index < -0.39 is 10.0 Å². The molecule has 0 bridgehead atoms. The van der Waals surface area contributed by atoms with E-state index in [1.807, 2.05) is 37.3 Å². The molecular formula is C22H19N3O3S2. The molecule has 30 heavy (non-hydrogen) atoms. The fourth-order valence-corrected chi connectivity index (χ4v) is 3.84. The van der Waals surface area contributed by atoms with E-state index in [0.717, 1.165) is 26.4 Å². The lowest BCUT2D eigenvalue weighted by Crippen LogP contribution is -2.21. The van der Waals surface area contributed by atoms with Gasteiger partial charge < -0.3 is 10.4 Å². The maximum absolute atomic E-state index is 11.3. The van der Waals surface area contributed by atoms with Gasteiger partial charge in [0.1, 0.15) is 11.3 Å². The first-order valence-electron chi connectivity index (χ1n) is 8.91. The molecule has 1 aromatic heterocycles. The molecule has 0 aliphatic carbocycles. The highest BCUT2D eigenvalue weighted by Crippen LogP contribution is 2.30. The van der Waals surface area contributed by atoms with Crippen LogP contribution < -0.4 is 10.0 Å². The molecule has 8 heteroatoms. The third kappa shape index (κ3) is 5.62. The maximum atomic E-state index is 11.3. The standard InChI is InChI=1S/C22H19N3O3S2/c1-3-30(27,28)24-13-7-10-18-9-4-5-11-19(18)23-12-6-8-17-14-20(26)22-21(15-17)29-16(2)25-22/h3-5,9,11,14-15,23-24,26H,1,12-13H2,2H3. The van der Waals surface area contributed by atoms with Gasteiger partial charge in [0.05, 0.1) is 28.5 Å². The molecule has 0 amide bonds. The average molecular weight is 438 g/mol. The van der Waals surface area contributed by atoms with Crippen LogP contribution in [0.4, 0.5) is 5.69 Å². The molecule has 0 atom stereocenters. The number of nitrogens with zero attached hydrogens (tertiary/aromatic N) is 1. The van der Waals surface area contributed by atoms with E-state index in [2.05, 4.69) is 45.3 Å². The third-order valence-corrected chi connectivity index (χ3v) is 5.82. The van der Waals surface area contributed by atoms with Crippen molar-refractivity contribution in [2.24, 2.45) is 0 Å². The molecule has 3 rings (SSSR count). The van der Waals surface area contributed by atoms with Crippen molar-refractivity contribution in [2.45, 2.75) is 6.92 Å². The molecule has 3 aromatic rings. The summed E-state index contributed by atoms with van der Waals surface area (Å²) in [5, 5.41) is 15.0. The number of aryl methyl sites for hydroxylation is 1. The Hall–Kier alpha value is -3.30. The number of benzene rings is 2. The Labute approximate surface area is 179 Å². The van der Waals surface area contributed by atoms with E-state index in [9.17, 15) is 13.5 Å². The van der Waals surface area contributed by atoms with Crippen molar-refractivity contribution < 1.29 is 13.5 Å². The number of fused-ring (bicyclic) bond motifs is 1. The van der Waals surface area contributed by atoms with Gasteiger partial charge in [0.2, 0.25) is 10.0 Å². The molecule has 0 unspecified atom stereocenters. The van der Waals surface area contributed by atoms with Gasteiger partial charge in [-0.3, -0.25) is 0 Å². The Bertz CT molecular complexity index is 1320. The van der Waals surface area contributed by atoms with Gasteiger partial charge in [0.25, 0.3) is 0 Å². The summed E-state index contributed by atoms with van der Waals surface area (Å²) in [4.78, 5) is 4.30. The Morgan fingerprint density at radius 3 is 2.77 bits per heavy atom. The van der Waals surface area contributed by atoms with Crippen molar-refractivity contribution in [3.63, 3.8) is 0 Å². The number of nitrogens with one attached hydrogen (secondary N) is 2. The van der Waals surface area contributed by atoms with E-state index in [1.54, 1.807) is 6.07 Å². The summed E-state index contributed by atoms with van der Waals surface area (Å²) < 4.78 is 25.8. The number of thiazole rings is 1. The first-order chi connectivity index (χ1) is 14.4. The number of para-hydroxylation sites is 1. The predicted molar refractivity (Wildman–Crippen MR) is 122 cm³/mol. The summed E-state index contributed by atoms with van der Waals surface area (Å²) >= 11 is 1.51. The van der Waals surface area contributed by atoms with Crippen LogP contribution in [-0.4, -0.2) is 31.6 Å². The Morgan fingerprint density at radius 2 is 1.97 bits per heavy atom. The molecule has 0 saturated heterocycles. The van der Waals surface area contributed by atoms with Gasteiger partial charge in [-0.2, -0.15) is 4.72 Å². The van der Waals surface area contributed by atoms with Crippen LogP contribution in [0, 0.1) is 30.6 Å². The highest BCUT2D eigenvalue weighted by atomic mass is 32.2. The molecule has 0 aliphatic heterocycles. The number of rotatable bonds is 5. The van der Waals surface area contributed by atoms with Crippen LogP contribution >= 0.6 is 11.3 Å². The minimum atomic E-state index is -3.49. The quantitative estimate of drug-likeness (QED) is 0.533. The zero-order chi connectivity index (χ0) is 21.6. The van der Waals surface area contributed by atoms with E-state index in [-0.39, 0.29) is 12.3 Å². The van der Waals surface area contributed by atoms with Crippen LogP contribution in [-0.2, 0) is 10.0 Å². The second-order valence-corrected chi connectivity index (χ2v) is 9.06. The molecule has 152 valence electrons. The molecule has 1 heterocycles. The molecule has 0 fully saturated rings. The largest absolute Gasteiger partial charge is 0.506 e. The highest BCUT2D eigenvalue weighted by Gasteiger charge is 2.06. The Kier molecular flexibility index (Phi) is 6.76. The molecule has 0 aliphatic rings. The molecule has 3 N–H and O–H groups in total. The van der Waals surface area contributed by atoms with Gasteiger partial charge in [-0.1, -0.05) is 42.4 Å². The van der Waals surface area contributed by atoms with Gasteiger partial charge >= 0.3 is 0 Å². The lowest BCUT2D eigenvalue weighted by atomic mass is 10.2. The lowest BCUT2D eigenvalue weighted by Gasteiger charge is -2.04. The van der Waals surface area contributed by atoms with Gasteiger partial charge in [0, 0.05) is 16.5 Å². The van der Waals surface area contributed by atoms with Crippen LogP contribution in [0.2, 0.25) is 0 Å². The summed E-state index contributed by atoms with van der Waals surface area (Å²) in [6, 6.07) is 11.0. The number of aromatic hydroxyl groups is 1. The second-order valence-electron chi connectivity index (χ2n) is 6.11. The van der Waals surface area contributed by atoms with Gasteiger partial charge in [-0.15, -0.1) is 11.3 Å². The van der Waals surface area contributed by atoms with E-state index >= 15 is 0 Å². The van der Waals surface area contributed by atoms with Crippen molar-refractivity contribution in [2.75, 3.05) is 18.4 Å². The van der Waals surface area contributed by atoms with Crippen molar-refractivity contribution in [3.8, 4) is 29.4 Å². The van der Waals surface area contributed by atoms with Gasteiger partial charge in [-0.05, 0) is 31.2 Å². The molecule has 0 saturated carbocycles. The van der Waals surface area contributed by atoms with Crippen molar-refractivity contribution in [1.82, 2.24) is 9.71 Å². The molecule has 2 aromatic carbocycles. The summed E-state index contributed by atoms with van der Waals surface area (Å²) in [7, 11) is -3.49. The third-order valence-electron chi connectivity index (χ3n) is 3.91. The van der Waals surface area contributed by atoms with Crippen LogP contribution in [0.25, 0.3) is 10.2 Å². The van der Waals surface area contributed by atoms with E-state index in [1.165, 1.54) is 11.3 Å². The van der Waals surface area contributed by atoms with E-state index in [0.29, 0.717) is 17.6 Å². The zero-order valence-electron chi connectivity index (χ0n) is 16.2. The number of sulfonamides is 1. The number of aromatic nitrogens is 1. The smallest absolute Gasteiger partial charge is 0.233 e. The minimum Gasteiger partial charge on any atom is -0.506 e. The first kappa shape index (κ1) is 21.4. The molecule has 0 spiro atoms. The summed E-state index contributed by atoms with van der Waals surface area (Å²) in [6.07, 6.45) is 0. The second kappa shape index (κ2) is 9.47. The average Bonchev–Trinajstić information content (AvgIpc) is 3.10. The minimum absolute atomic E-state index is 0.00842. The summed E-state index contributed by atoms with van der Waals surface area (Å²) in [5.74, 6) is 11.9. The van der Waals surface area contributed by atoms with Crippen molar-refractivity contribution in [3.05, 3.63) is 64.5 Å². The fourth-order valence-electron chi connectivity index (χ4n) is 2.56. The number of hydrogen-bond donors (Lipinski definition) is 3. The number of phenols is 1. The van der Waals surface area contributed by atoms with Crippen LogP contribution in [0.15, 0.2) is 48.4 Å². The summed E-state index contributed by atoms with van der Waals surface area (Å²) in [6.45, 7) is 5.50. The number of hydrogen-bond acceptors (Lipinski definition) is 6. The van der Waals surface area contributed by atoms with Crippen molar-refractivity contribution >= 4 is 37.3 Å². The van der Waals surface area contributed by atoms with E-state index in [4.69, 9.17) is 0 Å². The molecular weight excluding hydrogens is 418 g/mol. The molecule has 6 nitrogen and oxygen atoms in total. The Morgan fingerprint density at radius 1 is 1.20 bits per heavy atom. The van der Waals surface area contributed by atoms with Gasteiger partial charge in [-0.25, -0.2) is 13.4 Å². The SMILES string of the molecule is C=CS(=O)(=O)NCC#Cc1ccccc1NCC#Cc1cc(O)c2nc(C)sc2c1. The van der Waals surface area contributed by atoms with Crippen LogP contribution in [0.3, 0.4) is 0 Å². The lowest BCUT2D eigenvalue weighted by molar-refractivity contribution is 0.480. The van der Waals surface area contributed by atoms with Crippen molar-refractivity contribution in [1.29, 1.82) is 0 Å². The van der Waals surface area contributed by atoms with Crippen LogP contribution in [0.1, 0.15) is 16.1 Å². The monoisotopic (exact) mass is 437 g/mol. The molecule has 0 radical (unpaired) electrons. The topological polar surface area (TPSA) is 91.3 Å². The van der Waals surface area contributed by atoms with Gasteiger partial charge in [0.15, 0.2) is 0 Å².